The van der Waals surface area contributed by atoms with Crippen LogP contribution in [-0.2, 0) is 0 Å². The Kier molecular flexibility index (Phi) is 10.8. The average Bonchev–Trinajstić information content (AvgIpc) is 2.74. The molecule has 2 aromatic rings. The van der Waals surface area contributed by atoms with E-state index in [1.54, 1.807) is 12.1 Å². The highest BCUT2D eigenvalue weighted by Crippen LogP contribution is 2.39. The summed E-state index contributed by atoms with van der Waals surface area (Å²) >= 11 is 0. The van der Waals surface area contributed by atoms with Crippen LogP contribution in [0.3, 0.4) is 0 Å². The summed E-state index contributed by atoms with van der Waals surface area (Å²) in [5.41, 5.74) is 2.40. The van der Waals surface area contributed by atoms with Crippen molar-refractivity contribution in [3.63, 3.8) is 0 Å². The second kappa shape index (κ2) is 13.6. The number of allylic oxidation sites excluding steroid dienone is 4. The first-order valence-corrected chi connectivity index (χ1v) is 11.8. The second-order valence-electron chi connectivity index (χ2n) is 8.54. The normalized spacial score (nSPS) is 11.9. The Hall–Kier alpha value is -2.95. The Morgan fingerprint density at radius 3 is 2.52 bits per heavy atom. The number of benzene rings is 1. The Morgan fingerprint density at radius 2 is 1.82 bits per heavy atom. The van der Waals surface area contributed by atoms with Crippen molar-refractivity contribution in [2.75, 3.05) is 13.2 Å². The van der Waals surface area contributed by atoms with Crippen molar-refractivity contribution >= 4 is 11.0 Å². The van der Waals surface area contributed by atoms with E-state index in [1.807, 2.05) is 32.1 Å². The van der Waals surface area contributed by atoms with Crippen molar-refractivity contribution in [1.29, 1.82) is 0 Å². The van der Waals surface area contributed by atoms with Gasteiger partial charge in [-0.2, -0.15) is 0 Å². The third kappa shape index (κ3) is 8.49. The van der Waals surface area contributed by atoms with E-state index in [2.05, 4.69) is 39.8 Å². The van der Waals surface area contributed by atoms with Crippen molar-refractivity contribution in [3.05, 3.63) is 64.1 Å². The lowest BCUT2D eigenvalue weighted by atomic mass is 10.1. The molecular formula is C28H38O5. The highest BCUT2D eigenvalue weighted by Gasteiger charge is 2.21. The van der Waals surface area contributed by atoms with Gasteiger partial charge < -0.3 is 18.6 Å². The number of hydrogen-bond donors (Lipinski definition) is 0. The molecule has 5 heteroatoms. The van der Waals surface area contributed by atoms with Crippen LogP contribution in [0, 0.1) is 0 Å². The van der Waals surface area contributed by atoms with Crippen LogP contribution in [0.15, 0.2) is 62.9 Å². The van der Waals surface area contributed by atoms with E-state index in [0.717, 1.165) is 19.3 Å². The van der Waals surface area contributed by atoms with Gasteiger partial charge in [-0.1, -0.05) is 42.4 Å². The summed E-state index contributed by atoms with van der Waals surface area (Å²) in [6, 6.07) is 5.39. The summed E-state index contributed by atoms with van der Waals surface area (Å²) in [7, 11) is 0. The molecule has 0 N–H and O–H groups in total. The largest absolute Gasteiger partial charge is 0.490 e. The first-order chi connectivity index (χ1) is 15.8. The van der Waals surface area contributed by atoms with Gasteiger partial charge in [0.1, 0.15) is 23.3 Å². The molecule has 0 bridgehead atoms. The minimum absolute atomic E-state index is 0.0452. The predicted molar refractivity (Wildman–Crippen MR) is 136 cm³/mol. The molecule has 0 amide bonds. The molecule has 1 heterocycles. The zero-order chi connectivity index (χ0) is 24.2. The van der Waals surface area contributed by atoms with E-state index in [0.29, 0.717) is 42.1 Å². The maximum Gasteiger partial charge on any atom is 0.383 e. The van der Waals surface area contributed by atoms with Crippen molar-refractivity contribution < 1.29 is 18.6 Å². The highest BCUT2D eigenvalue weighted by atomic mass is 16.5. The van der Waals surface area contributed by atoms with Crippen LogP contribution in [-0.4, -0.2) is 19.3 Å². The standard InChI is InChI=1S/C28H38O5/c1-7-8-9-10-18-30-27-26(31-19-17-22(6)14-11-13-20(2)3)25-23(32-21(4)5)15-12-16-24(25)33-28(27)29/h8-9,12-13,15-17,21H,7,10-11,14,18-19H2,1-6H3/b9-8+,22-17+. The van der Waals surface area contributed by atoms with Crippen LogP contribution < -0.4 is 19.8 Å². The van der Waals surface area contributed by atoms with Gasteiger partial charge in [0.25, 0.3) is 0 Å². The molecule has 0 radical (unpaired) electrons. The molecule has 0 unspecified atom stereocenters. The van der Waals surface area contributed by atoms with Gasteiger partial charge in [-0.15, -0.1) is 0 Å². The molecular weight excluding hydrogens is 416 g/mol. The van der Waals surface area contributed by atoms with Gasteiger partial charge >= 0.3 is 5.63 Å². The van der Waals surface area contributed by atoms with Gasteiger partial charge in [0.15, 0.2) is 5.75 Å². The van der Waals surface area contributed by atoms with Gasteiger partial charge in [0.2, 0.25) is 5.75 Å². The van der Waals surface area contributed by atoms with Gasteiger partial charge in [-0.3, -0.25) is 0 Å². The summed E-state index contributed by atoms with van der Waals surface area (Å²) in [6.45, 7) is 12.9. The Balaban J connectivity index is 2.38. The van der Waals surface area contributed by atoms with Crippen molar-refractivity contribution in [1.82, 2.24) is 0 Å². The van der Waals surface area contributed by atoms with Gasteiger partial charge in [-0.05, 0) is 78.5 Å². The van der Waals surface area contributed by atoms with Gasteiger partial charge in [-0.25, -0.2) is 4.79 Å². The van der Waals surface area contributed by atoms with E-state index in [4.69, 9.17) is 18.6 Å². The zero-order valence-electron chi connectivity index (χ0n) is 20.9. The number of fused-ring (bicyclic) bond motifs is 1. The van der Waals surface area contributed by atoms with E-state index in [1.165, 1.54) is 11.1 Å². The first-order valence-electron chi connectivity index (χ1n) is 11.8. The summed E-state index contributed by atoms with van der Waals surface area (Å²) in [5, 5.41) is 0.612. The van der Waals surface area contributed by atoms with Crippen molar-refractivity contribution in [2.45, 2.75) is 73.3 Å². The molecule has 0 saturated carbocycles. The molecule has 0 aliphatic rings. The Morgan fingerprint density at radius 1 is 1.03 bits per heavy atom. The molecule has 0 aliphatic carbocycles. The minimum atomic E-state index is -0.553. The lowest BCUT2D eigenvalue weighted by Gasteiger charge is -2.17. The van der Waals surface area contributed by atoms with E-state index < -0.39 is 5.63 Å². The molecule has 1 aromatic heterocycles. The SMILES string of the molecule is CC/C=C/CCOc1c(OC/C=C(\C)CCC=C(C)C)c2c(OC(C)C)cccc2oc1=O. The quantitative estimate of drug-likeness (QED) is 0.179. The molecule has 33 heavy (non-hydrogen) atoms. The van der Waals surface area contributed by atoms with Crippen LogP contribution in [0.4, 0.5) is 0 Å². The Labute approximate surface area is 197 Å². The fourth-order valence-corrected chi connectivity index (χ4v) is 3.26. The number of ether oxygens (including phenoxy) is 3. The second-order valence-corrected chi connectivity index (χ2v) is 8.54. The molecule has 0 fully saturated rings. The third-order valence-electron chi connectivity index (χ3n) is 4.86. The molecule has 1 aromatic carbocycles. The third-order valence-corrected chi connectivity index (χ3v) is 4.86. The molecule has 5 nitrogen and oxygen atoms in total. The van der Waals surface area contributed by atoms with E-state index in [9.17, 15) is 4.79 Å². The molecule has 0 saturated heterocycles. The minimum Gasteiger partial charge on any atom is -0.490 e. The molecule has 0 atom stereocenters. The van der Waals surface area contributed by atoms with E-state index in [-0.39, 0.29) is 11.9 Å². The van der Waals surface area contributed by atoms with Crippen LogP contribution >= 0.6 is 0 Å². The Bertz CT molecular complexity index is 1040. The van der Waals surface area contributed by atoms with Crippen LogP contribution in [0.25, 0.3) is 11.0 Å². The fraction of sp³-hybridized carbons (Fsp3) is 0.464. The lowest BCUT2D eigenvalue weighted by Crippen LogP contribution is -2.12. The van der Waals surface area contributed by atoms with Gasteiger partial charge in [0.05, 0.1) is 12.7 Å². The van der Waals surface area contributed by atoms with Crippen molar-refractivity contribution in [2.24, 2.45) is 0 Å². The lowest BCUT2D eigenvalue weighted by molar-refractivity contribution is 0.242. The smallest absolute Gasteiger partial charge is 0.383 e. The maximum atomic E-state index is 12.8. The van der Waals surface area contributed by atoms with Gasteiger partial charge in [0, 0.05) is 0 Å². The predicted octanol–water partition coefficient (Wildman–Crippen LogP) is 7.39. The van der Waals surface area contributed by atoms with Crippen LogP contribution in [0.2, 0.25) is 0 Å². The maximum absolute atomic E-state index is 12.8. The molecule has 2 rings (SSSR count). The molecule has 180 valence electrons. The summed E-state index contributed by atoms with van der Waals surface area (Å²) in [5.74, 6) is 1.05. The monoisotopic (exact) mass is 454 g/mol. The zero-order valence-corrected chi connectivity index (χ0v) is 20.9. The topological polar surface area (TPSA) is 57.9 Å². The highest BCUT2D eigenvalue weighted by molar-refractivity contribution is 5.91. The number of hydrogen-bond acceptors (Lipinski definition) is 5. The molecule has 0 spiro atoms. The number of rotatable bonds is 13. The summed E-state index contributed by atoms with van der Waals surface area (Å²) in [4.78, 5) is 12.8. The summed E-state index contributed by atoms with van der Waals surface area (Å²) in [6.07, 6.45) is 11.9. The summed E-state index contributed by atoms with van der Waals surface area (Å²) < 4.78 is 23.6. The van der Waals surface area contributed by atoms with Crippen molar-refractivity contribution in [3.8, 4) is 17.2 Å². The van der Waals surface area contributed by atoms with Crippen LogP contribution in [0.1, 0.15) is 67.2 Å². The average molecular weight is 455 g/mol. The fourth-order valence-electron chi connectivity index (χ4n) is 3.26. The molecule has 0 aliphatic heterocycles. The van der Waals surface area contributed by atoms with E-state index >= 15 is 0 Å². The van der Waals surface area contributed by atoms with Crippen LogP contribution in [0.5, 0.6) is 17.2 Å². The first kappa shape index (κ1) is 26.3.